The first-order chi connectivity index (χ1) is 13.7. The van der Waals surface area contributed by atoms with Gasteiger partial charge in [0.1, 0.15) is 0 Å². The lowest BCUT2D eigenvalue weighted by atomic mass is 9.94. The fourth-order valence-electron chi connectivity index (χ4n) is 4.13. The Morgan fingerprint density at radius 3 is 2.75 bits per heavy atom. The Balaban J connectivity index is 1.64. The average molecular weight is 446 g/mol. The van der Waals surface area contributed by atoms with E-state index in [0.717, 1.165) is 15.7 Å². The van der Waals surface area contributed by atoms with E-state index < -0.39 is 5.79 Å². The van der Waals surface area contributed by atoms with Crippen molar-refractivity contribution in [1.29, 1.82) is 0 Å². The molecule has 0 N–H and O–H groups in total. The lowest BCUT2D eigenvalue weighted by Crippen LogP contribution is -2.49. The Labute approximate surface area is 170 Å². The molecule has 3 aromatic rings. The van der Waals surface area contributed by atoms with E-state index in [1.54, 1.807) is 15.3 Å². The molecule has 2 saturated heterocycles. The highest BCUT2D eigenvalue weighted by molar-refractivity contribution is 9.10. The maximum atomic E-state index is 13.4. The molecule has 1 unspecified atom stereocenters. The molecule has 0 saturated carbocycles. The number of fused-ring (bicyclic) bond motifs is 1. The van der Waals surface area contributed by atoms with Gasteiger partial charge in [-0.15, -0.1) is 0 Å². The molecular formula is C20H20BrN3O4. The second-order valence-corrected chi connectivity index (χ2v) is 8.01. The van der Waals surface area contributed by atoms with Crippen molar-refractivity contribution in [3.8, 4) is 5.69 Å². The molecule has 0 radical (unpaired) electrons. The molecule has 0 amide bonds. The van der Waals surface area contributed by atoms with Gasteiger partial charge in [0.15, 0.2) is 11.4 Å². The summed E-state index contributed by atoms with van der Waals surface area (Å²) in [7, 11) is 0. The molecule has 28 heavy (non-hydrogen) atoms. The SMILES string of the molecule is O=c1n(CC2COCCC23OCCO3)c2cc(Br)cnc2n1-c1ccccc1. The molecule has 2 fully saturated rings. The number of aromatic nitrogens is 3. The van der Waals surface area contributed by atoms with E-state index in [4.69, 9.17) is 14.2 Å². The monoisotopic (exact) mass is 445 g/mol. The summed E-state index contributed by atoms with van der Waals surface area (Å²) in [6, 6.07) is 11.5. The first-order valence-corrected chi connectivity index (χ1v) is 10.2. The largest absolute Gasteiger partial charge is 0.381 e. The lowest BCUT2D eigenvalue weighted by molar-refractivity contribution is -0.242. The molecule has 7 nitrogen and oxygen atoms in total. The summed E-state index contributed by atoms with van der Waals surface area (Å²) in [6.45, 7) is 2.68. The number of imidazole rings is 1. The number of ether oxygens (including phenoxy) is 3. The van der Waals surface area contributed by atoms with Gasteiger partial charge >= 0.3 is 5.69 Å². The smallest absolute Gasteiger partial charge is 0.334 e. The van der Waals surface area contributed by atoms with Crippen LogP contribution >= 0.6 is 15.9 Å². The number of benzene rings is 1. The molecule has 1 spiro atoms. The highest BCUT2D eigenvalue weighted by Gasteiger charge is 2.47. The molecular weight excluding hydrogens is 426 g/mol. The van der Waals surface area contributed by atoms with Crippen LogP contribution in [0.5, 0.6) is 0 Å². The molecule has 5 rings (SSSR count). The lowest BCUT2D eigenvalue weighted by Gasteiger charge is -2.39. The Morgan fingerprint density at radius 1 is 1.18 bits per heavy atom. The highest BCUT2D eigenvalue weighted by atomic mass is 79.9. The van der Waals surface area contributed by atoms with Crippen LogP contribution in [0.2, 0.25) is 0 Å². The van der Waals surface area contributed by atoms with E-state index in [0.29, 0.717) is 45.0 Å². The Bertz CT molecular complexity index is 1060. The zero-order valence-corrected chi connectivity index (χ0v) is 16.8. The molecule has 2 aromatic heterocycles. The summed E-state index contributed by atoms with van der Waals surface area (Å²) in [5, 5.41) is 0. The third-order valence-electron chi connectivity index (χ3n) is 5.47. The van der Waals surface area contributed by atoms with E-state index >= 15 is 0 Å². The van der Waals surface area contributed by atoms with Gasteiger partial charge in [-0.3, -0.25) is 4.57 Å². The van der Waals surface area contributed by atoms with Crippen molar-refractivity contribution >= 4 is 27.1 Å². The van der Waals surface area contributed by atoms with Gasteiger partial charge in [-0.1, -0.05) is 18.2 Å². The van der Waals surface area contributed by atoms with Crippen LogP contribution in [0, 0.1) is 5.92 Å². The molecule has 4 heterocycles. The third kappa shape index (κ3) is 2.91. The second kappa shape index (κ2) is 7.11. The predicted molar refractivity (Wildman–Crippen MR) is 107 cm³/mol. The van der Waals surface area contributed by atoms with Crippen LogP contribution in [0.15, 0.2) is 51.9 Å². The topological polar surface area (TPSA) is 67.5 Å². The fourth-order valence-corrected chi connectivity index (χ4v) is 4.45. The van der Waals surface area contributed by atoms with Gasteiger partial charge in [0, 0.05) is 23.6 Å². The van der Waals surface area contributed by atoms with Crippen LogP contribution in [-0.2, 0) is 20.8 Å². The summed E-state index contributed by atoms with van der Waals surface area (Å²) in [5.41, 5.74) is 2.04. The Kier molecular flexibility index (Phi) is 4.59. The van der Waals surface area contributed by atoms with Crippen molar-refractivity contribution < 1.29 is 14.2 Å². The first kappa shape index (κ1) is 18.1. The highest BCUT2D eigenvalue weighted by Crippen LogP contribution is 2.36. The van der Waals surface area contributed by atoms with Crippen LogP contribution in [0.1, 0.15) is 6.42 Å². The maximum Gasteiger partial charge on any atom is 0.334 e. The van der Waals surface area contributed by atoms with Gasteiger partial charge in [0.05, 0.1) is 43.5 Å². The van der Waals surface area contributed by atoms with Crippen LogP contribution in [0.3, 0.4) is 0 Å². The van der Waals surface area contributed by atoms with E-state index in [9.17, 15) is 4.79 Å². The Morgan fingerprint density at radius 2 is 1.96 bits per heavy atom. The van der Waals surface area contributed by atoms with Crippen LogP contribution in [-0.4, -0.2) is 46.3 Å². The number of nitrogens with zero attached hydrogens (tertiary/aromatic N) is 3. The minimum absolute atomic E-state index is 0.0738. The quantitative estimate of drug-likeness (QED) is 0.619. The van der Waals surface area contributed by atoms with Crippen molar-refractivity contribution in [3.05, 3.63) is 57.6 Å². The number of hydrogen-bond acceptors (Lipinski definition) is 5. The normalized spacial score (nSPS) is 21.5. The number of rotatable bonds is 3. The summed E-state index contributed by atoms with van der Waals surface area (Å²) in [6.07, 6.45) is 2.38. The van der Waals surface area contributed by atoms with E-state index in [1.165, 1.54) is 0 Å². The molecule has 2 aliphatic heterocycles. The third-order valence-corrected chi connectivity index (χ3v) is 5.90. The molecule has 2 aliphatic rings. The van der Waals surface area contributed by atoms with E-state index in [2.05, 4.69) is 20.9 Å². The first-order valence-electron chi connectivity index (χ1n) is 9.36. The van der Waals surface area contributed by atoms with E-state index in [-0.39, 0.29) is 11.6 Å². The summed E-state index contributed by atoms with van der Waals surface area (Å²) in [4.78, 5) is 17.9. The van der Waals surface area contributed by atoms with Crippen LogP contribution in [0.25, 0.3) is 16.9 Å². The Hall–Kier alpha value is -2.00. The van der Waals surface area contributed by atoms with Crippen molar-refractivity contribution in [2.24, 2.45) is 5.92 Å². The fraction of sp³-hybridized carbons (Fsp3) is 0.400. The molecule has 0 aliphatic carbocycles. The molecule has 1 atom stereocenters. The number of pyridine rings is 1. The standard InChI is InChI=1S/C20H20BrN3O4/c21-15-10-17-18(22-11-15)24(16-4-2-1-3-5-16)19(25)23(17)12-14-13-26-7-6-20(14)27-8-9-28-20/h1-5,10-11,14H,6-9,12-13H2. The predicted octanol–water partition coefficient (Wildman–Crippen LogP) is 2.73. The number of para-hydroxylation sites is 1. The van der Waals surface area contributed by atoms with Gasteiger partial charge in [0.2, 0.25) is 0 Å². The van der Waals surface area contributed by atoms with Gasteiger partial charge < -0.3 is 14.2 Å². The van der Waals surface area contributed by atoms with Crippen molar-refractivity contribution in [2.45, 2.75) is 18.8 Å². The number of hydrogen-bond donors (Lipinski definition) is 0. The molecule has 1 aromatic carbocycles. The van der Waals surface area contributed by atoms with Gasteiger partial charge in [-0.05, 0) is 34.1 Å². The van der Waals surface area contributed by atoms with Crippen LogP contribution < -0.4 is 5.69 Å². The second-order valence-electron chi connectivity index (χ2n) is 7.09. The van der Waals surface area contributed by atoms with Crippen LogP contribution in [0.4, 0.5) is 0 Å². The molecule has 146 valence electrons. The maximum absolute atomic E-state index is 13.4. The summed E-state index contributed by atoms with van der Waals surface area (Å²) < 4.78 is 21.9. The average Bonchev–Trinajstić information content (AvgIpc) is 3.28. The van der Waals surface area contributed by atoms with E-state index in [1.807, 2.05) is 36.4 Å². The van der Waals surface area contributed by atoms with Crippen molar-refractivity contribution in [3.63, 3.8) is 0 Å². The van der Waals surface area contributed by atoms with Crippen molar-refractivity contribution in [2.75, 3.05) is 26.4 Å². The zero-order chi connectivity index (χ0) is 19.1. The van der Waals surface area contributed by atoms with Gasteiger partial charge in [0.25, 0.3) is 0 Å². The zero-order valence-electron chi connectivity index (χ0n) is 15.2. The summed E-state index contributed by atoms with van der Waals surface area (Å²) >= 11 is 3.48. The number of halogens is 1. The van der Waals surface area contributed by atoms with Crippen molar-refractivity contribution in [1.82, 2.24) is 14.1 Å². The summed E-state index contributed by atoms with van der Waals surface area (Å²) in [5.74, 6) is -0.742. The molecule has 0 bridgehead atoms. The minimum Gasteiger partial charge on any atom is -0.381 e. The van der Waals surface area contributed by atoms with Gasteiger partial charge in [-0.2, -0.15) is 0 Å². The molecule has 8 heteroatoms. The minimum atomic E-state index is -0.668. The van der Waals surface area contributed by atoms with Gasteiger partial charge in [-0.25, -0.2) is 14.3 Å².